The Hall–Kier alpha value is -4.00. The number of piperidine rings is 1. The zero-order valence-corrected chi connectivity index (χ0v) is 20.2. The minimum absolute atomic E-state index is 0.0254. The first-order valence-electron chi connectivity index (χ1n) is 11.6. The maximum atomic E-state index is 13.0. The van der Waals surface area contributed by atoms with Gasteiger partial charge >= 0.3 is 0 Å². The number of hydrogen-bond acceptors (Lipinski definition) is 5. The summed E-state index contributed by atoms with van der Waals surface area (Å²) in [6.07, 6.45) is 1.24. The Morgan fingerprint density at radius 2 is 1.54 bits per heavy atom. The van der Waals surface area contributed by atoms with E-state index >= 15 is 0 Å². The van der Waals surface area contributed by atoms with E-state index < -0.39 is 0 Å². The molecule has 4 rings (SSSR count). The van der Waals surface area contributed by atoms with Crippen molar-refractivity contribution in [1.82, 2.24) is 4.90 Å². The normalized spacial score (nSPS) is 13.7. The van der Waals surface area contributed by atoms with Gasteiger partial charge < -0.3 is 24.4 Å². The molecule has 2 amide bonds. The number of anilines is 1. The second kappa shape index (κ2) is 11.0. The third kappa shape index (κ3) is 5.74. The lowest BCUT2D eigenvalue weighted by Crippen LogP contribution is -2.41. The minimum Gasteiger partial charge on any atom is -0.497 e. The molecule has 0 bridgehead atoms. The summed E-state index contributed by atoms with van der Waals surface area (Å²) >= 11 is 0. The van der Waals surface area contributed by atoms with E-state index in [1.54, 1.807) is 44.6 Å². The molecule has 1 aliphatic rings. The van der Waals surface area contributed by atoms with Gasteiger partial charge in [-0.15, -0.1) is 0 Å². The maximum absolute atomic E-state index is 13.0. The Balaban J connectivity index is 1.37. The zero-order chi connectivity index (χ0) is 24.8. The molecule has 182 valence electrons. The highest BCUT2D eigenvalue weighted by Crippen LogP contribution is 2.35. The summed E-state index contributed by atoms with van der Waals surface area (Å²) in [4.78, 5) is 27.7. The topological polar surface area (TPSA) is 77.1 Å². The van der Waals surface area contributed by atoms with Crippen molar-refractivity contribution in [1.29, 1.82) is 0 Å². The number of carbonyl (C=O) groups excluding carboxylic acids is 2. The van der Waals surface area contributed by atoms with E-state index in [-0.39, 0.29) is 17.7 Å². The molecule has 0 aromatic heterocycles. The summed E-state index contributed by atoms with van der Waals surface area (Å²) in [5, 5.41) is 2.99. The van der Waals surface area contributed by atoms with Gasteiger partial charge in [0.15, 0.2) is 11.5 Å². The largest absolute Gasteiger partial charge is 0.497 e. The molecule has 3 aromatic carbocycles. The molecule has 35 heavy (non-hydrogen) atoms. The number of methoxy groups -OCH3 is 2. The summed E-state index contributed by atoms with van der Waals surface area (Å²) in [5.41, 5.74) is 2.31. The standard InChI is InChI=1S/C28H30N2O5/c1-19-6-4-5-7-24(19)28(32)30-16-14-20(15-17-30)27(31)29-21-8-13-25(34-3)26(18-21)35-23-11-9-22(33-2)10-12-23/h4-13,18,20H,14-17H2,1-3H3,(H,29,31). The Morgan fingerprint density at radius 1 is 0.857 bits per heavy atom. The fourth-order valence-corrected chi connectivity index (χ4v) is 4.18. The van der Waals surface area contributed by atoms with Gasteiger partial charge in [-0.25, -0.2) is 0 Å². The van der Waals surface area contributed by atoms with Crippen molar-refractivity contribution >= 4 is 17.5 Å². The molecular weight excluding hydrogens is 444 g/mol. The minimum atomic E-state index is -0.163. The van der Waals surface area contributed by atoms with Crippen LogP contribution in [0, 0.1) is 12.8 Å². The number of aryl methyl sites for hydroxylation is 1. The van der Waals surface area contributed by atoms with E-state index in [9.17, 15) is 9.59 Å². The monoisotopic (exact) mass is 474 g/mol. The molecule has 7 heteroatoms. The van der Waals surface area contributed by atoms with Crippen LogP contribution in [0.4, 0.5) is 5.69 Å². The molecule has 1 fully saturated rings. The summed E-state index contributed by atoms with van der Waals surface area (Å²) in [5.74, 6) is 2.21. The van der Waals surface area contributed by atoms with Crippen LogP contribution in [0.25, 0.3) is 0 Å². The van der Waals surface area contributed by atoms with Crippen molar-refractivity contribution in [2.75, 3.05) is 32.6 Å². The number of carbonyl (C=O) groups is 2. The summed E-state index contributed by atoms with van der Waals surface area (Å²) in [6.45, 7) is 3.05. The molecule has 0 aliphatic carbocycles. The highest BCUT2D eigenvalue weighted by Gasteiger charge is 2.28. The molecule has 3 aromatic rings. The van der Waals surface area contributed by atoms with Crippen LogP contribution < -0.4 is 19.5 Å². The lowest BCUT2D eigenvalue weighted by molar-refractivity contribution is -0.121. The molecule has 1 N–H and O–H groups in total. The number of amides is 2. The van der Waals surface area contributed by atoms with E-state index in [4.69, 9.17) is 14.2 Å². The Kier molecular flexibility index (Phi) is 7.55. The van der Waals surface area contributed by atoms with Crippen molar-refractivity contribution in [2.45, 2.75) is 19.8 Å². The van der Waals surface area contributed by atoms with Gasteiger partial charge in [0.1, 0.15) is 11.5 Å². The zero-order valence-electron chi connectivity index (χ0n) is 20.2. The summed E-state index contributed by atoms with van der Waals surface area (Å²) in [6, 6.07) is 20.1. The van der Waals surface area contributed by atoms with Gasteiger partial charge in [-0.3, -0.25) is 9.59 Å². The van der Waals surface area contributed by atoms with Gasteiger partial charge in [-0.05, 0) is 67.8 Å². The van der Waals surface area contributed by atoms with Crippen LogP contribution in [0.2, 0.25) is 0 Å². The third-order valence-electron chi connectivity index (χ3n) is 6.25. The first kappa shape index (κ1) is 24.1. The van der Waals surface area contributed by atoms with Crippen molar-refractivity contribution in [3.05, 3.63) is 77.9 Å². The predicted octanol–water partition coefficient (Wildman–Crippen LogP) is 5.30. The SMILES string of the molecule is COc1ccc(Oc2cc(NC(=O)C3CCN(C(=O)c4ccccc4C)CC3)ccc2OC)cc1. The van der Waals surface area contributed by atoms with Crippen LogP contribution in [0.15, 0.2) is 66.7 Å². The van der Waals surface area contributed by atoms with Crippen LogP contribution in [0.3, 0.4) is 0 Å². The van der Waals surface area contributed by atoms with Crippen LogP contribution >= 0.6 is 0 Å². The van der Waals surface area contributed by atoms with Gasteiger partial charge in [-0.1, -0.05) is 18.2 Å². The number of benzene rings is 3. The van der Waals surface area contributed by atoms with Crippen molar-refractivity contribution in [2.24, 2.45) is 5.92 Å². The molecule has 0 radical (unpaired) electrons. The number of nitrogens with one attached hydrogen (secondary N) is 1. The van der Waals surface area contributed by atoms with Crippen LogP contribution in [-0.4, -0.2) is 44.0 Å². The Bertz CT molecular complexity index is 1180. The van der Waals surface area contributed by atoms with Gasteiger partial charge in [0, 0.05) is 36.3 Å². The summed E-state index contributed by atoms with van der Waals surface area (Å²) in [7, 11) is 3.18. The van der Waals surface area contributed by atoms with E-state index in [1.165, 1.54) is 0 Å². The lowest BCUT2D eigenvalue weighted by atomic mass is 9.95. The van der Waals surface area contributed by atoms with Crippen molar-refractivity contribution < 1.29 is 23.8 Å². The number of nitrogens with zero attached hydrogens (tertiary/aromatic N) is 1. The number of rotatable bonds is 7. The Labute approximate surface area is 205 Å². The molecule has 0 unspecified atom stereocenters. The number of likely N-dealkylation sites (tertiary alicyclic amines) is 1. The second-order valence-corrected chi connectivity index (χ2v) is 8.51. The van der Waals surface area contributed by atoms with Gasteiger partial charge in [0.25, 0.3) is 5.91 Å². The fraction of sp³-hybridized carbons (Fsp3) is 0.286. The fourth-order valence-electron chi connectivity index (χ4n) is 4.18. The van der Waals surface area contributed by atoms with Gasteiger partial charge in [0.2, 0.25) is 5.91 Å². The third-order valence-corrected chi connectivity index (χ3v) is 6.25. The molecule has 0 atom stereocenters. The quantitative estimate of drug-likeness (QED) is 0.503. The van der Waals surface area contributed by atoms with Crippen LogP contribution in [0.1, 0.15) is 28.8 Å². The molecule has 1 saturated heterocycles. The average molecular weight is 475 g/mol. The van der Waals surface area contributed by atoms with Crippen LogP contribution in [0.5, 0.6) is 23.0 Å². The Morgan fingerprint density at radius 3 is 2.20 bits per heavy atom. The number of hydrogen-bond donors (Lipinski definition) is 1. The van der Waals surface area contributed by atoms with E-state index in [0.29, 0.717) is 48.9 Å². The molecule has 1 heterocycles. The average Bonchev–Trinajstić information content (AvgIpc) is 2.89. The van der Waals surface area contributed by atoms with Gasteiger partial charge in [-0.2, -0.15) is 0 Å². The first-order valence-corrected chi connectivity index (χ1v) is 11.6. The van der Waals surface area contributed by atoms with E-state index in [0.717, 1.165) is 16.9 Å². The van der Waals surface area contributed by atoms with Gasteiger partial charge in [0.05, 0.1) is 14.2 Å². The number of ether oxygens (including phenoxy) is 3. The predicted molar refractivity (Wildman–Crippen MR) is 134 cm³/mol. The molecule has 1 aliphatic heterocycles. The first-order chi connectivity index (χ1) is 17.0. The van der Waals surface area contributed by atoms with Crippen molar-refractivity contribution in [3.63, 3.8) is 0 Å². The highest BCUT2D eigenvalue weighted by molar-refractivity contribution is 5.96. The maximum Gasteiger partial charge on any atom is 0.254 e. The smallest absolute Gasteiger partial charge is 0.254 e. The summed E-state index contributed by atoms with van der Waals surface area (Å²) < 4.78 is 16.6. The molecule has 0 saturated carbocycles. The van der Waals surface area contributed by atoms with E-state index in [2.05, 4.69) is 5.32 Å². The molecule has 7 nitrogen and oxygen atoms in total. The lowest BCUT2D eigenvalue weighted by Gasteiger charge is -2.31. The molecule has 0 spiro atoms. The molecular formula is C28H30N2O5. The second-order valence-electron chi connectivity index (χ2n) is 8.51. The van der Waals surface area contributed by atoms with Crippen molar-refractivity contribution in [3.8, 4) is 23.0 Å². The van der Waals surface area contributed by atoms with Crippen LogP contribution in [-0.2, 0) is 4.79 Å². The van der Waals surface area contributed by atoms with E-state index in [1.807, 2.05) is 48.2 Å². The highest BCUT2D eigenvalue weighted by atomic mass is 16.5.